The van der Waals surface area contributed by atoms with Crippen LogP contribution < -0.4 is 0 Å². The third-order valence-corrected chi connectivity index (χ3v) is 3.52. The summed E-state index contributed by atoms with van der Waals surface area (Å²) in [4.78, 5) is 24.5. The van der Waals surface area contributed by atoms with Crippen molar-refractivity contribution in [3.8, 4) is 0 Å². The summed E-state index contributed by atoms with van der Waals surface area (Å²) in [5.74, 6) is -0.222. The highest BCUT2D eigenvalue weighted by atomic mass is 16.5. The summed E-state index contributed by atoms with van der Waals surface area (Å²) in [7, 11) is 0. The molecule has 1 saturated heterocycles. The van der Waals surface area contributed by atoms with E-state index in [2.05, 4.69) is 0 Å². The number of nitrogens with zero attached hydrogens (tertiary/aromatic N) is 1. The zero-order valence-electron chi connectivity index (χ0n) is 11.8. The average molecular weight is 271 g/mol. The summed E-state index contributed by atoms with van der Waals surface area (Å²) in [6.07, 6.45) is 4.21. The number of piperidine rings is 1. The van der Waals surface area contributed by atoms with E-state index in [1.807, 2.05) is 11.8 Å². The van der Waals surface area contributed by atoms with E-state index in [1.54, 1.807) is 0 Å². The lowest BCUT2D eigenvalue weighted by Gasteiger charge is -2.32. The van der Waals surface area contributed by atoms with Gasteiger partial charge in [-0.25, -0.2) is 0 Å². The molecule has 1 unspecified atom stereocenters. The summed E-state index contributed by atoms with van der Waals surface area (Å²) in [6.45, 7) is 4.81. The number of rotatable bonds is 8. The topological polar surface area (TPSA) is 66.8 Å². The smallest absolute Gasteiger partial charge is 0.303 e. The van der Waals surface area contributed by atoms with Crippen molar-refractivity contribution in [3.05, 3.63) is 0 Å². The molecule has 0 spiro atoms. The number of hydrogen-bond donors (Lipinski definition) is 1. The van der Waals surface area contributed by atoms with Crippen molar-refractivity contribution >= 4 is 11.9 Å². The molecule has 0 aromatic rings. The van der Waals surface area contributed by atoms with Crippen molar-refractivity contribution in [3.63, 3.8) is 0 Å². The SMILES string of the molecule is CCOCCCC(=O)N1CCCC(CCC(=O)O)C1. The predicted molar refractivity (Wildman–Crippen MR) is 71.9 cm³/mol. The number of carbonyl (C=O) groups excluding carboxylic acids is 1. The van der Waals surface area contributed by atoms with Crippen LogP contribution >= 0.6 is 0 Å². The molecule has 110 valence electrons. The normalized spacial score (nSPS) is 19.4. The largest absolute Gasteiger partial charge is 0.481 e. The molecule has 1 rings (SSSR count). The van der Waals surface area contributed by atoms with E-state index in [9.17, 15) is 9.59 Å². The van der Waals surface area contributed by atoms with Gasteiger partial charge in [-0.15, -0.1) is 0 Å². The average Bonchev–Trinajstić information content (AvgIpc) is 2.41. The monoisotopic (exact) mass is 271 g/mol. The standard InChI is InChI=1S/C14H25NO4/c1-2-19-10-4-6-13(16)15-9-3-5-12(11-15)7-8-14(17)18/h12H,2-11H2,1H3,(H,17,18). The van der Waals surface area contributed by atoms with Crippen molar-refractivity contribution in [1.29, 1.82) is 0 Å². The van der Waals surface area contributed by atoms with E-state index in [1.165, 1.54) is 0 Å². The lowest BCUT2D eigenvalue weighted by atomic mass is 9.93. The number of aliphatic carboxylic acids is 1. The van der Waals surface area contributed by atoms with Crippen LogP contribution in [0.1, 0.15) is 45.4 Å². The second-order valence-corrected chi connectivity index (χ2v) is 5.08. The molecule has 5 heteroatoms. The summed E-state index contributed by atoms with van der Waals surface area (Å²) in [5.41, 5.74) is 0. The summed E-state index contributed by atoms with van der Waals surface area (Å²) < 4.78 is 5.22. The van der Waals surface area contributed by atoms with E-state index < -0.39 is 5.97 Å². The van der Waals surface area contributed by atoms with E-state index in [0.29, 0.717) is 32.0 Å². The zero-order valence-corrected chi connectivity index (χ0v) is 11.8. The Bertz CT molecular complexity index is 293. The molecule has 1 N–H and O–H groups in total. The summed E-state index contributed by atoms with van der Waals surface area (Å²) in [6, 6.07) is 0. The molecule has 0 aromatic heterocycles. The van der Waals surface area contributed by atoms with E-state index >= 15 is 0 Å². The van der Waals surface area contributed by atoms with Gasteiger partial charge in [0.2, 0.25) is 5.91 Å². The van der Waals surface area contributed by atoms with Crippen LogP contribution in [0.25, 0.3) is 0 Å². The van der Waals surface area contributed by atoms with Crippen LogP contribution in [0.5, 0.6) is 0 Å². The van der Waals surface area contributed by atoms with E-state index in [-0.39, 0.29) is 12.3 Å². The molecule has 1 fully saturated rings. The van der Waals surface area contributed by atoms with Crippen LogP contribution in [-0.4, -0.2) is 48.2 Å². The molecule has 0 radical (unpaired) electrons. The van der Waals surface area contributed by atoms with Gasteiger partial charge >= 0.3 is 5.97 Å². The van der Waals surface area contributed by atoms with Crippen LogP contribution in [0.4, 0.5) is 0 Å². The molecule has 1 aliphatic heterocycles. The number of carboxylic acids is 1. The Balaban J connectivity index is 2.24. The fourth-order valence-electron chi connectivity index (χ4n) is 2.48. The van der Waals surface area contributed by atoms with Gasteiger partial charge in [-0.05, 0) is 38.5 Å². The Morgan fingerprint density at radius 3 is 2.84 bits per heavy atom. The number of carboxylic acid groups (broad SMARTS) is 1. The Morgan fingerprint density at radius 2 is 2.16 bits per heavy atom. The molecule has 19 heavy (non-hydrogen) atoms. The molecule has 1 heterocycles. The van der Waals surface area contributed by atoms with Gasteiger partial charge < -0.3 is 14.7 Å². The highest BCUT2D eigenvalue weighted by Gasteiger charge is 2.23. The van der Waals surface area contributed by atoms with Gasteiger partial charge in [0.15, 0.2) is 0 Å². The second-order valence-electron chi connectivity index (χ2n) is 5.08. The molecule has 0 aliphatic carbocycles. The van der Waals surface area contributed by atoms with Crippen molar-refractivity contribution in [1.82, 2.24) is 4.90 Å². The molecule has 1 aliphatic rings. The number of likely N-dealkylation sites (tertiary alicyclic amines) is 1. The molecule has 0 saturated carbocycles. The van der Waals surface area contributed by atoms with Gasteiger partial charge in [0.25, 0.3) is 0 Å². The first-order chi connectivity index (χ1) is 9.13. The van der Waals surface area contributed by atoms with Gasteiger partial charge in [0, 0.05) is 39.1 Å². The lowest BCUT2D eigenvalue weighted by Crippen LogP contribution is -2.40. The molecule has 0 bridgehead atoms. The Morgan fingerprint density at radius 1 is 1.37 bits per heavy atom. The van der Waals surface area contributed by atoms with Gasteiger partial charge in [0.05, 0.1) is 0 Å². The van der Waals surface area contributed by atoms with Crippen molar-refractivity contribution in [2.75, 3.05) is 26.3 Å². The maximum atomic E-state index is 12.0. The van der Waals surface area contributed by atoms with Crippen molar-refractivity contribution in [2.45, 2.75) is 45.4 Å². The van der Waals surface area contributed by atoms with Crippen LogP contribution in [0.2, 0.25) is 0 Å². The van der Waals surface area contributed by atoms with Crippen LogP contribution in [0, 0.1) is 5.92 Å². The summed E-state index contributed by atoms with van der Waals surface area (Å²) >= 11 is 0. The Kier molecular flexibility index (Phi) is 7.48. The fraction of sp³-hybridized carbons (Fsp3) is 0.857. The van der Waals surface area contributed by atoms with Gasteiger partial charge in [-0.3, -0.25) is 9.59 Å². The Labute approximate surface area is 114 Å². The van der Waals surface area contributed by atoms with Crippen LogP contribution in [0.3, 0.4) is 0 Å². The minimum absolute atomic E-state index is 0.180. The number of carbonyl (C=O) groups is 2. The van der Waals surface area contributed by atoms with Gasteiger partial charge in [-0.1, -0.05) is 0 Å². The van der Waals surface area contributed by atoms with Crippen molar-refractivity contribution in [2.24, 2.45) is 5.92 Å². The zero-order chi connectivity index (χ0) is 14.1. The maximum absolute atomic E-state index is 12.0. The van der Waals surface area contributed by atoms with E-state index in [0.717, 1.165) is 32.4 Å². The molecular weight excluding hydrogens is 246 g/mol. The first-order valence-electron chi connectivity index (χ1n) is 7.20. The fourth-order valence-corrected chi connectivity index (χ4v) is 2.48. The quantitative estimate of drug-likeness (QED) is 0.685. The molecular formula is C14H25NO4. The highest BCUT2D eigenvalue weighted by Crippen LogP contribution is 2.21. The van der Waals surface area contributed by atoms with Gasteiger partial charge in [-0.2, -0.15) is 0 Å². The highest BCUT2D eigenvalue weighted by molar-refractivity contribution is 5.76. The van der Waals surface area contributed by atoms with E-state index in [4.69, 9.17) is 9.84 Å². The maximum Gasteiger partial charge on any atom is 0.303 e. The number of amides is 1. The Hall–Kier alpha value is -1.10. The predicted octanol–water partition coefficient (Wildman–Crippen LogP) is 1.91. The minimum atomic E-state index is -0.750. The lowest BCUT2D eigenvalue weighted by molar-refractivity contribution is -0.137. The first kappa shape index (κ1) is 16.0. The molecule has 0 aromatic carbocycles. The molecule has 1 atom stereocenters. The third kappa shape index (κ3) is 6.57. The van der Waals surface area contributed by atoms with Crippen LogP contribution in [0.15, 0.2) is 0 Å². The van der Waals surface area contributed by atoms with Crippen LogP contribution in [-0.2, 0) is 14.3 Å². The summed E-state index contributed by atoms with van der Waals surface area (Å²) in [5, 5.41) is 8.69. The third-order valence-electron chi connectivity index (χ3n) is 3.52. The van der Waals surface area contributed by atoms with Crippen molar-refractivity contribution < 1.29 is 19.4 Å². The number of hydrogen-bond acceptors (Lipinski definition) is 3. The first-order valence-corrected chi connectivity index (χ1v) is 7.20. The second kappa shape index (κ2) is 8.91. The number of ether oxygens (including phenoxy) is 1. The van der Waals surface area contributed by atoms with Gasteiger partial charge in [0.1, 0.15) is 0 Å². The molecule has 5 nitrogen and oxygen atoms in total. The molecule has 1 amide bonds. The minimum Gasteiger partial charge on any atom is -0.481 e.